The van der Waals surface area contributed by atoms with Crippen molar-refractivity contribution < 1.29 is 12.8 Å². The Labute approximate surface area is 123 Å². The summed E-state index contributed by atoms with van der Waals surface area (Å²) in [5, 5.41) is 8.65. The van der Waals surface area contributed by atoms with Crippen molar-refractivity contribution in [3.8, 4) is 6.07 Å². The number of nitrogens with zero attached hydrogens (tertiary/aromatic N) is 3. The van der Waals surface area contributed by atoms with E-state index in [-0.39, 0.29) is 30.1 Å². The molecule has 0 bridgehead atoms. The summed E-state index contributed by atoms with van der Waals surface area (Å²) < 4.78 is 40.0. The van der Waals surface area contributed by atoms with Crippen LogP contribution in [0.2, 0.25) is 5.02 Å². The van der Waals surface area contributed by atoms with E-state index in [1.54, 1.807) is 0 Å². The number of hydrogen-bond donors (Lipinski definition) is 0. The number of halogens is 2. The lowest BCUT2D eigenvalue weighted by molar-refractivity contribution is 0.389. The van der Waals surface area contributed by atoms with Gasteiger partial charge in [-0.05, 0) is 12.1 Å². The molecule has 1 aromatic carbocycles. The minimum atomic E-state index is -3.75. The first-order valence-corrected chi connectivity index (χ1v) is 7.55. The molecule has 1 aromatic rings. The second-order valence-electron chi connectivity index (χ2n) is 4.19. The molecule has 0 amide bonds. The third-order valence-electron chi connectivity index (χ3n) is 2.77. The lowest BCUT2D eigenvalue weighted by atomic mass is 10.2. The molecule has 20 heavy (non-hydrogen) atoms. The lowest BCUT2D eigenvalue weighted by Crippen LogP contribution is -2.39. The van der Waals surface area contributed by atoms with Gasteiger partial charge >= 0.3 is 0 Å². The van der Waals surface area contributed by atoms with Crippen molar-refractivity contribution in [3.05, 3.63) is 34.6 Å². The van der Waals surface area contributed by atoms with Gasteiger partial charge in [-0.25, -0.2) is 4.39 Å². The fourth-order valence-corrected chi connectivity index (χ4v) is 2.86. The molecule has 8 heteroatoms. The number of nitriles is 1. The van der Waals surface area contributed by atoms with Crippen LogP contribution in [0.5, 0.6) is 0 Å². The van der Waals surface area contributed by atoms with Crippen molar-refractivity contribution in [1.82, 2.24) is 8.61 Å². The minimum Gasteiger partial charge on any atom is -0.207 e. The molecule has 1 rings (SSSR count). The molecule has 0 radical (unpaired) electrons. The summed E-state index contributed by atoms with van der Waals surface area (Å²) in [5.41, 5.74) is 0.119. The summed E-state index contributed by atoms with van der Waals surface area (Å²) >= 11 is 5.87. The molecule has 0 atom stereocenters. The van der Waals surface area contributed by atoms with Gasteiger partial charge in [0.25, 0.3) is 10.2 Å². The number of benzene rings is 1. The number of hydrogen-bond acceptors (Lipinski definition) is 3. The zero-order chi connectivity index (χ0) is 15.3. The van der Waals surface area contributed by atoms with Crippen LogP contribution in [-0.4, -0.2) is 37.7 Å². The van der Waals surface area contributed by atoms with Gasteiger partial charge in [0.15, 0.2) is 0 Å². The van der Waals surface area contributed by atoms with Crippen LogP contribution >= 0.6 is 11.6 Å². The highest BCUT2D eigenvalue weighted by Crippen LogP contribution is 2.21. The molecule has 0 saturated carbocycles. The van der Waals surface area contributed by atoms with E-state index in [9.17, 15) is 12.8 Å². The van der Waals surface area contributed by atoms with E-state index in [1.165, 1.54) is 32.3 Å². The Morgan fingerprint density at radius 2 is 2.00 bits per heavy atom. The molecule has 110 valence electrons. The molecule has 5 nitrogen and oxygen atoms in total. The molecular formula is C12H15ClFN3O2S. The van der Waals surface area contributed by atoms with E-state index in [2.05, 4.69) is 0 Å². The number of rotatable bonds is 6. The largest absolute Gasteiger partial charge is 0.281 e. The first kappa shape index (κ1) is 16.9. The van der Waals surface area contributed by atoms with Gasteiger partial charge in [0.05, 0.1) is 6.07 Å². The van der Waals surface area contributed by atoms with E-state index in [0.29, 0.717) is 0 Å². The second-order valence-corrected chi connectivity index (χ2v) is 6.74. The van der Waals surface area contributed by atoms with Crippen molar-refractivity contribution >= 4 is 21.8 Å². The molecular weight excluding hydrogens is 305 g/mol. The van der Waals surface area contributed by atoms with E-state index in [1.807, 2.05) is 6.07 Å². The normalized spacial score (nSPS) is 11.8. The fourth-order valence-electron chi connectivity index (χ4n) is 1.55. The maximum absolute atomic E-state index is 13.6. The predicted octanol–water partition coefficient (Wildman–Crippen LogP) is 2.00. The Bertz CT molecular complexity index is 595. The molecule has 0 N–H and O–H groups in total. The highest BCUT2D eigenvalue weighted by Gasteiger charge is 2.24. The van der Waals surface area contributed by atoms with Crippen LogP contribution in [0.15, 0.2) is 18.2 Å². The average Bonchev–Trinajstić information content (AvgIpc) is 2.39. The summed E-state index contributed by atoms with van der Waals surface area (Å²) in [6, 6.07) is 6.05. The van der Waals surface area contributed by atoms with Crippen molar-refractivity contribution in [2.75, 3.05) is 20.6 Å². The van der Waals surface area contributed by atoms with E-state index in [4.69, 9.17) is 16.9 Å². The quantitative estimate of drug-likeness (QED) is 0.805. The Morgan fingerprint density at radius 3 is 2.55 bits per heavy atom. The zero-order valence-electron chi connectivity index (χ0n) is 11.2. The molecule has 0 fully saturated rings. The van der Waals surface area contributed by atoms with Gasteiger partial charge in [0.2, 0.25) is 0 Å². The van der Waals surface area contributed by atoms with Gasteiger partial charge in [-0.2, -0.15) is 22.3 Å². The smallest absolute Gasteiger partial charge is 0.207 e. The fraction of sp³-hybridized carbons (Fsp3) is 0.417. The Hall–Kier alpha value is -1.20. The zero-order valence-corrected chi connectivity index (χ0v) is 12.7. The van der Waals surface area contributed by atoms with Gasteiger partial charge < -0.3 is 0 Å². The lowest BCUT2D eigenvalue weighted by Gasteiger charge is -2.24. The van der Waals surface area contributed by atoms with Gasteiger partial charge in [-0.1, -0.05) is 17.7 Å². The van der Waals surface area contributed by atoms with Crippen LogP contribution in [0.4, 0.5) is 4.39 Å². The predicted molar refractivity (Wildman–Crippen MR) is 74.7 cm³/mol. The van der Waals surface area contributed by atoms with Crippen LogP contribution < -0.4 is 0 Å². The second kappa shape index (κ2) is 6.99. The summed E-state index contributed by atoms with van der Waals surface area (Å²) in [6.07, 6.45) is 0.0873. The van der Waals surface area contributed by atoms with Gasteiger partial charge in [-0.15, -0.1) is 0 Å². The van der Waals surface area contributed by atoms with Crippen molar-refractivity contribution in [3.63, 3.8) is 0 Å². The van der Waals surface area contributed by atoms with E-state index in [0.717, 1.165) is 8.61 Å². The molecule has 0 spiro atoms. The highest BCUT2D eigenvalue weighted by atomic mass is 35.5. The van der Waals surface area contributed by atoms with E-state index < -0.39 is 16.0 Å². The first-order valence-electron chi connectivity index (χ1n) is 5.78. The standard InChI is InChI=1S/C12H15ClFN3O2S/c1-16(8-4-7-15)20(18,19)17(2)9-10-11(13)5-3-6-12(10)14/h3,5-6H,4,8-9H2,1-2H3. The third kappa shape index (κ3) is 3.90. The molecule has 0 aromatic heterocycles. The molecule has 0 unspecified atom stereocenters. The minimum absolute atomic E-state index is 0.0776. The van der Waals surface area contributed by atoms with Gasteiger partial charge in [0.1, 0.15) is 5.82 Å². The van der Waals surface area contributed by atoms with Crippen molar-refractivity contribution in [2.24, 2.45) is 0 Å². The molecule has 0 saturated heterocycles. The maximum atomic E-state index is 13.6. The van der Waals surface area contributed by atoms with Crippen LogP contribution in [0.3, 0.4) is 0 Å². The van der Waals surface area contributed by atoms with Crippen molar-refractivity contribution in [1.29, 1.82) is 5.26 Å². The average molecular weight is 320 g/mol. The Balaban J connectivity index is 2.90. The van der Waals surface area contributed by atoms with Crippen LogP contribution in [0, 0.1) is 17.1 Å². The molecule has 0 aliphatic rings. The first-order chi connectivity index (χ1) is 9.30. The van der Waals surface area contributed by atoms with Crippen LogP contribution in [0.1, 0.15) is 12.0 Å². The summed E-state index contributed by atoms with van der Waals surface area (Å²) in [7, 11) is -1.05. The van der Waals surface area contributed by atoms with Crippen LogP contribution in [-0.2, 0) is 16.8 Å². The Morgan fingerprint density at radius 1 is 1.35 bits per heavy atom. The van der Waals surface area contributed by atoms with Crippen LogP contribution in [0.25, 0.3) is 0 Å². The maximum Gasteiger partial charge on any atom is 0.281 e. The van der Waals surface area contributed by atoms with Gasteiger partial charge in [-0.3, -0.25) is 0 Å². The molecule has 0 heterocycles. The molecule has 0 aliphatic carbocycles. The monoisotopic (exact) mass is 319 g/mol. The van der Waals surface area contributed by atoms with E-state index >= 15 is 0 Å². The third-order valence-corrected chi connectivity index (χ3v) is 5.01. The SMILES string of the molecule is CN(CCC#N)S(=O)(=O)N(C)Cc1c(F)cccc1Cl. The molecule has 0 aliphatic heterocycles. The topological polar surface area (TPSA) is 64.4 Å². The summed E-state index contributed by atoms with van der Waals surface area (Å²) in [6.45, 7) is -0.0983. The highest BCUT2D eigenvalue weighted by molar-refractivity contribution is 7.86. The van der Waals surface area contributed by atoms with Gasteiger partial charge in [0, 0.05) is 44.2 Å². The summed E-state index contributed by atoms with van der Waals surface area (Å²) in [4.78, 5) is 0. The Kier molecular flexibility index (Phi) is 5.89. The summed E-state index contributed by atoms with van der Waals surface area (Å²) in [5.74, 6) is -0.556. The van der Waals surface area contributed by atoms with Crippen molar-refractivity contribution in [2.45, 2.75) is 13.0 Å².